The van der Waals surface area contributed by atoms with Gasteiger partial charge in [-0.1, -0.05) is 322 Å². The van der Waals surface area contributed by atoms with Crippen molar-refractivity contribution >= 4 is 79.0 Å². The number of rotatable bonds is 4. The first kappa shape index (κ1) is 58.5. The number of anilines is 6. The maximum atomic E-state index is 2.75. The Morgan fingerprint density at radius 2 is 0.569 bits per heavy atom. The van der Waals surface area contributed by atoms with Gasteiger partial charge in [-0.2, -0.15) is 0 Å². The highest BCUT2D eigenvalue weighted by Crippen LogP contribution is 2.69. The predicted octanol–water partition coefficient (Wildman–Crippen LogP) is 23.6. The molecule has 0 saturated heterocycles. The Morgan fingerprint density at radius 3 is 1.05 bits per heavy atom. The third-order valence-corrected chi connectivity index (χ3v) is 26.6. The van der Waals surface area contributed by atoms with Crippen molar-refractivity contribution in [1.82, 2.24) is 4.57 Å². The third-order valence-electron chi connectivity index (χ3n) is 26.6. The van der Waals surface area contributed by atoms with Crippen LogP contribution in [0.15, 0.2) is 376 Å². The highest BCUT2D eigenvalue weighted by molar-refractivity contribution is 7.00. The number of para-hydroxylation sites is 2. The molecule has 109 heavy (non-hydrogen) atoms. The van der Waals surface area contributed by atoms with Crippen molar-refractivity contribution in [2.45, 2.75) is 16.2 Å². The molecular weight excluding hydrogens is 1310 g/mol. The van der Waals surface area contributed by atoms with Gasteiger partial charge in [-0.05, 0) is 210 Å². The molecule has 0 atom stereocenters. The lowest BCUT2D eigenvalue weighted by Gasteiger charge is -2.47. The summed E-state index contributed by atoms with van der Waals surface area (Å²) in [6.45, 7) is -0.298. The summed E-state index contributed by atoms with van der Waals surface area (Å²) in [5, 5.41) is 2.44. The molecule has 0 unspecified atom stereocenters. The van der Waals surface area contributed by atoms with Crippen molar-refractivity contribution in [2.75, 3.05) is 9.80 Å². The second kappa shape index (κ2) is 20.8. The summed E-state index contributed by atoms with van der Waals surface area (Å²) in [6.07, 6.45) is 0. The number of nitrogens with zero attached hydrogens (tertiary/aromatic N) is 3. The molecule has 2 aliphatic heterocycles. The molecular formula is C105H62BN3. The molecule has 3 spiro atoms. The van der Waals surface area contributed by atoms with Gasteiger partial charge < -0.3 is 14.4 Å². The van der Waals surface area contributed by atoms with Crippen LogP contribution in [0.1, 0.15) is 66.8 Å². The number of aromatic nitrogens is 1. The number of fused-ring (bicyclic) bond motifs is 38. The first-order chi connectivity index (χ1) is 54.1. The van der Waals surface area contributed by atoms with Crippen LogP contribution in [0.3, 0.4) is 0 Å². The Bertz CT molecular complexity index is 6930. The topological polar surface area (TPSA) is 11.4 Å². The van der Waals surface area contributed by atoms with E-state index in [1.165, 1.54) is 183 Å². The minimum absolute atomic E-state index is 0.298. The molecule has 0 N–H and O–H groups in total. The van der Waals surface area contributed by atoms with Crippen molar-refractivity contribution in [3.63, 3.8) is 0 Å². The maximum Gasteiger partial charge on any atom is 0.252 e. The fraction of sp³-hybridized carbons (Fsp3) is 0.0286. The number of hydrogen-bond donors (Lipinski definition) is 0. The summed E-state index contributed by atoms with van der Waals surface area (Å²) in [5.41, 5.74) is 45.7. The van der Waals surface area contributed by atoms with Crippen molar-refractivity contribution in [3.05, 3.63) is 443 Å². The molecule has 8 aliphatic rings. The van der Waals surface area contributed by atoms with Crippen molar-refractivity contribution in [3.8, 4) is 83.6 Å². The van der Waals surface area contributed by atoms with Gasteiger partial charge >= 0.3 is 0 Å². The maximum absolute atomic E-state index is 2.75. The first-order valence-electron chi connectivity index (χ1n) is 38.4. The Labute approximate surface area is 631 Å². The van der Waals surface area contributed by atoms with E-state index in [-0.39, 0.29) is 6.71 Å². The van der Waals surface area contributed by atoms with E-state index >= 15 is 0 Å². The van der Waals surface area contributed by atoms with Crippen LogP contribution in [-0.2, 0) is 16.2 Å². The SMILES string of the molecule is c1ccc(-c2ccc(N3c4cc(-n5c6ccccc6c6ccccc65)cc5c4B(c4cc6c(cc4N5c4ccc5c(c4)C4(c7ccccc7-c7ccccc74)c4ccccc4-5)-c4ccccc4C64c5ccccc5-c5ccccc54)c4ccc5c(c43)C3(c4ccccc4-c4ccccc43)c3ccccc3-5)cc2)cc1. The number of hydrogen-bond acceptors (Lipinski definition) is 2. The molecule has 1 aromatic heterocycles. The zero-order chi connectivity index (χ0) is 70.7. The Kier molecular flexibility index (Phi) is 11.2. The molecule has 6 aliphatic carbocycles. The van der Waals surface area contributed by atoms with Crippen LogP contribution in [0, 0.1) is 0 Å². The molecule has 0 radical (unpaired) electrons. The summed E-state index contributed by atoms with van der Waals surface area (Å²) in [5.74, 6) is 0. The van der Waals surface area contributed by atoms with Crippen molar-refractivity contribution in [1.29, 1.82) is 0 Å². The smallest absolute Gasteiger partial charge is 0.252 e. The second-order valence-electron chi connectivity index (χ2n) is 31.1. The van der Waals surface area contributed by atoms with Crippen LogP contribution in [0.25, 0.3) is 105 Å². The fourth-order valence-corrected chi connectivity index (χ4v) is 22.8. The Balaban J connectivity index is 0.850. The van der Waals surface area contributed by atoms with E-state index in [1.54, 1.807) is 0 Å². The van der Waals surface area contributed by atoms with E-state index in [9.17, 15) is 0 Å². The van der Waals surface area contributed by atoms with Gasteiger partial charge in [0.1, 0.15) is 0 Å². The van der Waals surface area contributed by atoms with E-state index < -0.39 is 16.2 Å². The zero-order valence-electron chi connectivity index (χ0n) is 59.2. The summed E-state index contributed by atoms with van der Waals surface area (Å²) in [6, 6.07) is 146. The van der Waals surface area contributed by atoms with E-state index in [1.807, 2.05) is 0 Å². The van der Waals surface area contributed by atoms with E-state index in [0.29, 0.717) is 0 Å². The van der Waals surface area contributed by atoms with Gasteiger partial charge in [-0.15, -0.1) is 0 Å². The number of benzene rings is 17. The molecule has 0 fully saturated rings. The second-order valence-corrected chi connectivity index (χ2v) is 31.1. The minimum atomic E-state index is -0.711. The summed E-state index contributed by atoms with van der Waals surface area (Å²) >= 11 is 0. The normalized spacial score (nSPS) is 15.0. The zero-order valence-corrected chi connectivity index (χ0v) is 59.2. The van der Waals surface area contributed by atoms with Gasteiger partial charge in [0.15, 0.2) is 0 Å². The fourth-order valence-electron chi connectivity index (χ4n) is 22.8. The lowest BCUT2D eigenvalue weighted by Crippen LogP contribution is -2.62. The lowest BCUT2D eigenvalue weighted by molar-refractivity contribution is 0.793. The van der Waals surface area contributed by atoms with Crippen LogP contribution < -0.4 is 26.2 Å². The van der Waals surface area contributed by atoms with Crippen LogP contribution in [0.2, 0.25) is 0 Å². The molecule has 0 bridgehead atoms. The first-order valence-corrected chi connectivity index (χ1v) is 38.4. The Morgan fingerprint density at radius 1 is 0.211 bits per heavy atom. The summed E-state index contributed by atoms with van der Waals surface area (Å²) < 4.78 is 2.57. The highest BCUT2D eigenvalue weighted by atomic mass is 15.2. The van der Waals surface area contributed by atoms with Crippen LogP contribution in [-0.4, -0.2) is 11.3 Å². The molecule has 17 aromatic carbocycles. The van der Waals surface area contributed by atoms with E-state index in [2.05, 4.69) is 390 Å². The summed E-state index contributed by atoms with van der Waals surface area (Å²) in [7, 11) is 0. The van der Waals surface area contributed by atoms with Crippen LogP contribution in [0.4, 0.5) is 34.1 Å². The Hall–Kier alpha value is -13.8. The average molecular weight is 1380 g/mol. The van der Waals surface area contributed by atoms with Gasteiger partial charge in [-0.25, -0.2) is 0 Å². The van der Waals surface area contributed by atoms with Gasteiger partial charge in [0.25, 0.3) is 6.71 Å². The molecule has 4 heteroatoms. The quantitative estimate of drug-likeness (QED) is 0.163. The molecule has 26 rings (SSSR count). The van der Waals surface area contributed by atoms with Crippen LogP contribution >= 0.6 is 0 Å². The third kappa shape index (κ3) is 6.96. The molecule has 3 nitrogen and oxygen atoms in total. The average Bonchev–Trinajstić information content (AvgIpc) is 1.55. The molecule has 18 aromatic rings. The van der Waals surface area contributed by atoms with Gasteiger partial charge in [0, 0.05) is 50.5 Å². The van der Waals surface area contributed by atoms with Gasteiger partial charge in [0.05, 0.1) is 33.0 Å². The molecule has 3 heterocycles. The van der Waals surface area contributed by atoms with E-state index in [0.717, 1.165) is 39.5 Å². The highest BCUT2D eigenvalue weighted by Gasteiger charge is 2.59. The molecule has 0 amide bonds. The van der Waals surface area contributed by atoms with Crippen LogP contribution in [0.5, 0.6) is 0 Å². The largest absolute Gasteiger partial charge is 0.311 e. The minimum Gasteiger partial charge on any atom is -0.311 e. The lowest BCUT2D eigenvalue weighted by atomic mass is 9.33. The molecule has 500 valence electrons. The molecule has 0 saturated carbocycles. The van der Waals surface area contributed by atoms with E-state index in [4.69, 9.17) is 0 Å². The standard InChI is InChI=1S/C105H62BN3/c1-2-26-63(27-3-1)64-50-52-65(53-51-64)109-99-60-67(108-95-48-24-13-37-78(95)79-38-14-25-49-96(79)108)59-98-101(99)106(93-57-56-80-75-35-11-23-47-90(75)105(100(80)102(93)109)88-45-21-9-32-72(88)73-33-10-22-46-89(73)105)94-62-92-81(76-36-12-20-44-87(76)104(92)84-41-17-6-30-70(84)71-31-7-18-42-85(71)104)61-97(94)107(98)66-54-55-77-74-34-8-19-43-86(74)103(91(77)58-66)82-39-15-4-28-68(82)69-29-5-16-40-83(69)103/h1-62H. The van der Waals surface area contributed by atoms with Gasteiger partial charge in [0.2, 0.25) is 0 Å². The monoisotopic (exact) mass is 1380 g/mol. The summed E-state index contributed by atoms with van der Waals surface area (Å²) in [4.78, 5) is 5.50. The van der Waals surface area contributed by atoms with Gasteiger partial charge in [-0.3, -0.25) is 0 Å². The van der Waals surface area contributed by atoms with Crippen molar-refractivity contribution in [2.24, 2.45) is 0 Å². The predicted molar refractivity (Wildman–Crippen MR) is 449 cm³/mol. The van der Waals surface area contributed by atoms with Crippen molar-refractivity contribution < 1.29 is 0 Å².